The third-order valence-electron chi connectivity index (χ3n) is 3.85. The van der Waals surface area contributed by atoms with Gasteiger partial charge in [-0.1, -0.05) is 78.1 Å². The number of unbranched alkanes of at least 4 members (excludes halogenated alkanes) is 10. The van der Waals surface area contributed by atoms with Crippen LogP contribution in [0.5, 0.6) is 0 Å². The second kappa shape index (κ2) is 18.5. The number of ether oxygens (including phenoxy) is 2. The molecule has 0 saturated carbocycles. The molecule has 0 N–H and O–H groups in total. The minimum absolute atomic E-state index is 0.114. The van der Waals surface area contributed by atoms with Crippen LogP contribution in [-0.2, 0) is 14.3 Å². The van der Waals surface area contributed by atoms with Crippen molar-refractivity contribution >= 4 is 5.97 Å². The summed E-state index contributed by atoms with van der Waals surface area (Å²) in [4.78, 5) is 11.5. The highest BCUT2D eigenvalue weighted by molar-refractivity contribution is 5.69. The summed E-state index contributed by atoms with van der Waals surface area (Å²) in [6, 6.07) is 0. The van der Waals surface area contributed by atoms with E-state index in [2.05, 4.69) is 13.8 Å². The van der Waals surface area contributed by atoms with Crippen LogP contribution >= 0.6 is 0 Å². The van der Waals surface area contributed by atoms with Gasteiger partial charge < -0.3 is 9.47 Å². The summed E-state index contributed by atoms with van der Waals surface area (Å²) >= 11 is 0. The lowest BCUT2D eigenvalue weighted by molar-refractivity contribution is -0.145. The SMILES string of the molecule is CCCCCCCCOCCC(=O)OCCCCCCCC. The fraction of sp³-hybridized carbons (Fsp3) is 0.947. The molecule has 0 unspecified atom stereocenters. The molecule has 0 aliphatic carbocycles. The van der Waals surface area contributed by atoms with Crippen LogP contribution in [0.25, 0.3) is 0 Å². The van der Waals surface area contributed by atoms with E-state index in [1.807, 2.05) is 0 Å². The Morgan fingerprint density at radius 3 is 1.73 bits per heavy atom. The summed E-state index contributed by atoms with van der Waals surface area (Å²) in [5.74, 6) is -0.114. The monoisotopic (exact) mass is 314 g/mol. The first kappa shape index (κ1) is 21.4. The number of carbonyl (C=O) groups is 1. The summed E-state index contributed by atoms with van der Waals surface area (Å²) in [6.45, 7) is 6.30. The average Bonchev–Trinajstić information content (AvgIpc) is 2.52. The van der Waals surface area contributed by atoms with Gasteiger partial charge in [-0.05, 0) is 12.8 Å². The summed E-state index contributed by atoms with van der Waals surface area (Å²) in [5.41, 5.74) is 0. The molecular formula is C19H38O3. The highest BCUT2D eigenvalue weighted by atomic mass is 16.5. The topological polar surface area (TPSA) is 35.5 Å². The molecule has 0 fully saturated rings. The molecule has 0 rings (SSSR count). The highest BCUT2D eigenvalue weighted by Gasteiger charge is 2.02. The Kier molecular flexibility index (Phi) is 18.0. The lowest BCUT2D eigenvalue weighted by atomic mass is 10.1. The predicted octanol–water partition coefficient (Wildman–Crippen LogP) is 5.66. The quantitative estimate of drug-likeness (QED) is 0.257. The van der Waals surface area contributed by atoms with Gasteiger partial charge in [-0.2, -0.15) is 0 Å². The van der Waals surface area contributed by atoms with Gasteiger partial charge >= 0.3 is 5.97 Å². The van der Waals surface area contributed by atoms with Gasteiger partial charge in [-0.3, -0.25) is 4.79 Å². The fourth-order valence-corrected chi connectivity index (χ4v) is 2.38. The van der Waals surface area contributed by atoms with E-state index in [1.165, 1.54) is 64.2 Å². The van der Waals surface area contributed by atoms with Gasteiger partial charge in [0.15, 0.2) is 0 Å². The Hall–Kier alpha value is -0.570. The second-order valence-electron chi connectivity index (χ2n) is 6.12. The first-order valence-electron chi connectivity index (χ1n) is 9.54. The van der Waals surface area contributed by atoms with Crippen LogP contribution in [-0.4, -0.2) is 25.8 Å². The van der Waals surface area contributed by atoms with Crippen molar-refractivity contribution in [2.45, 2.75) is 97.3 Å². The van der Waals surface area contributed by atoms with E-state index in [0.29, 0.717) is 19.6 Å². The van der Waals surface area contributed by atoms with Crippen LogP contribution < -0.4 is 0 Å². The van der Waals surface area contributed by atoms with E-state index >= 15 is 0 Å². The van der Waals surface area contributed by atoms with Crippen molar-refractivity contribution in [3.8, 4) is 0 Å². The minimum atomic E-state index is -0.114. The van der Waals surface area contributed by atoms with Gasteiger partial charge in [0.05, 0.1) is 19.6 Å². The second-order valence-corrected chi connectivity index (χ2v) is 6.12. The van der Waals surface area contributed by atoms with Gasteiger partial charge in [0.25, 0.3) is 0 Å². The molecule has 3 heteroatoms. The van der Waals surface area contributed by atoms with Crippen molar-refractivity contribution < 1.29 is 14.3 Å². The van der Waals surface area contributed by atoms with Crippen LogP contribution in [0.4, 0.5) is 0 Å². The zero-order valence-electron chi connectivity index (χ0n) is 15.0. The normalized spacial score (nSPS) is 10.8. The van der Waals surface area contributed by atoms with Crippen LogP contribution in [0, 0.1) is 0 Å². The lowest BCUT2D eigenvalue weighted by Gasteiger charge is -2.06. The Morgan fingerprint density at radius 1 is 0.636 bits per heavy atom. The molecule has 0 atom stereocenters. The molecule has 0 aromatic heterocycles. The standard InChI is InChI=1S/C19H38O3/c1-3-5-7-9-11-13-16-21-18-15-19(20)22-17-14-12-10-8-6-4-2/h3-18H2,1-2H3. The van der Waals surface area contributed by atoms with Crippen molar-refractivity contribution in [1.29, 1.82) is 0 Å². The lowest BCUT2D eigenvalue weighted by Crippen LogP contribution is -2.09. The van der Waals surface area contributed by atoms with Gasteiger partial charge in [0, 0.05) is 6.61 Å². The van der Waals surface area contributed by atoms with Crippen LogP contribution in [0.2, 0.25) is 0 Å². The molecule has 0 aliphatic heterocycles. The summed E-state index contributed by atoms with van der Waals surface area (Å²) in [5, 5.41) is 0. The smallest absolute Gasteiger partial charge is 0.308 e. The Bertz CT molecular complexity index is 229. The number of esters is 1. The van der Waals surface area contributed by atoms with Crippen molar-refractivity contribution in [2.24, 2.45) is 0 Å². The molecule has 0 spiro atoms. The van der Waals surface area contributed by atoms with Gasteiger partial charge in [-0.15, -0.1) is 0 Å². The Morgan fingerprint density at radius 2 is 1.14 bits per heavy atom. The molecule has 0 heterocycles. The minimum Gasteiger partial charge on any atom is -0.466 e. The maximum absolute atomic E-state index is 11.5. The molecule has 0 aromatic rings. The highest BCUT2D eigenvalue weighted by Crippen LogP contribution is 2.06. The molecule has 0 aliphatic rings. The molecular weight excluding hydrogens is 276 g/mol. The Balaban J connectivity index is 3.13. The molecule has 0 radical (unpaired) electrons. The molecule has 0 bridgehead atoms. The number of hydrogen-bond donors (Lipinski definition) is 0. The zero-order valence-corrected chi connectivity index (χ0v) is 15.0. The molecule has 22 heavy (non-hydrogen) atoms. The first-order chi connectivity index (χ1) is 10.8. The van der Waals surface area contributed by atoms with Gasteiger partial charge in [0.1, 0.15) is 0 Å². The summed E-state index contributed by atoms with van der Waals surface area (Å²) in [7, 11) is 0. The van der Waals surface area contributed by atoms with Crippen LogP contribution in [0.1, 0.15) is 97.3 Å². The predicted molar refractivity (Wildman–Crippen MR) is 93.1 cm³/mol. The van der Waals surface area contributed by atoms with E-state index in [0.717, 1.165) is 19.4 Å². The number of hydrogen-bond acceptors (Lipinski definition) is 3. The average molecular weight is 315 g/mol. The number of rotatable bonds is 17. The van der Waals surface area contributed by atoms with Gasteiger partial charge in [-0.25, -0.2) is 0 Å². The van der Waals surface area contributed by atoms with Gasteiger partial charge in [0.2, 0.25) is 0 Å². The molecule has 3 nitrogen and oxygen atoms in total. The van der Waals surface area contributed by atoms with E-state index in [4.69, 9.17) is 9.47 Å². The summed E-state index contributed by atoms with van der Waals surface area (Å²) in [6.07, 6.45) is 15.3. The molecule has 0 amide bonds. The zero-order chi connectivity index (χ0) is 16.3. The van der Waals surface area contributed by atoms with Crippen LogP contribution in [0.3, 0.4) is 0 Å². The summed E-state index contributed by atoms with van der Waals surface area (Å²) < 4.78 is 10.7. The van der Waals surface area contributed by atoms with Crippen LogP contribution in [0.15, 0.2) is 0 Å². The van der Waals surface area contributed by atoms with Crippen molar-refractivity contribution in [3.63, 3.8) is 0 Å². The maximum Gasteiger partial charge on any atom is 0.308 e. The van der Waals surface area contributed by atoms with Crippen molar-refractivity contribution in [2.75, 3.05) is 19.8 Å². The van der Waals surface area contributed by atoms with Crippen molar-refractivity contribution in [1.82, 2.24) is 0 Å². The largest absolute Gasteiger partial charge is 0.466 e. The molecule has 0 saturated heterocycles. The molecule has 0 aromatic carbocycles. The van der Waals surface area contributed by atoms with E-state index < -0.39 is 0 Å². The van der Waals surface area contributed by atoms with E-state index in [-0.39, 0.29) is 5.97 Å². The van der Waals surface area contributed by atoms with E-state index in [9.17, 15) is 4.79 Å². The fourth-order valence-electron chi connectivity index (χ4n) is 2.38. The molecule has 132 valence electrons. The maximum atomic E-state index is 11.5. The Labute approximate surface area is 138 Å². The first-order valence-corrected chi connectivity index (χ1v) is 9.54. The number of carbonyl (C=O) groups excluding carboxylic acids is 1. The van der Waals surface area contributed by atoms with E-state index in [1.54, 1.807) is 0 Å². The van der Waals surface area contributed by atoms with Crippen molar-refractivity contribution in [3.05, 3.63) is 0 Å². The third kappa shape index (κ3) is 17.5. The third-order valence-corrected chi connectivity index (χ3v) is 3.85.